The van der Waals surface area contributed by atoms with Gasteiger partial charge in [0.25, 0.3) is 0 Å². The van der Waals surface area contributed by atoms with E-state index in [1.807, 2.05) is 6.07 Å². The Bertz CT molecular complexity index is 1210. The Labute approximate surface area is 224 Å². The summed E-state index contributed by atoms with van der Waals surface area (Å²) in [7, 11) is 3.37. The molecule has 1 saturated heterocycles. The van der Waals surface area contributed by atoms with Crippen molar-refractivity contribution in [1.82, 2.24) is 4.90 Å². The Kier molecular flexibility index (Phi) is 8.16. The number of nitrogens with zero attached hydrogens (tertiary/aromatic N) is 1. The number of rotatable bonds is 8. The molecule has 1 atom stereocenters. The minimum Gasteiger partial charge on any atom is -0.493 e. The average molecular weight is 519 g/mol. The lowest BCUT2D eigenvalue weighted by Crippen LogP contribution is -2.38. The summed E-state index contributed by atoms with van der Waals surface area (Å²) in [6, 6.07) is 17.2. The van der Waals surface area contributed by atoms with Crippen LogP contribution in [0.4, 0.5) is 5.00 Å². The second-order valence-electron chi connectivity index (χ2n) is 10.3. The quantitative estimate of drug-likeness (QED) is 0.363. The van der Waals surface area contributed by atoms with E-state index < -0.39 is 0 Å². The molecule has 1 aliphatic carbocycles. The van der Waals surface area contributed by atoms with Gasteiger partial charge in [0.1, 0.15) is 5.00 Å². The van der Waals surface area contributed by atoms with Gasteiger partial charge in [0.15, 0.2) is 11.5 Å². The number of piperidine rings is 1. The number of carbonyl (C=O) groups is 1. The van der Waals surface area contributed by atoms with E-state index in [0.29, 0.717) is 5.92 Å². The molecule has 1 aliphatic heterocycles. The van der Waals surface area contributed by atoms with E-state index in [1.54, 1.807) is 32.5 Å². The zero-order valence-corrected chi connectivity index (χ0v) is 23.0. The number of methoxy groups -OCH3 is 2. The number of likely N-dealkylation sites (tertiary alicyclic amines) is 1. The van der Waals surface area contributed by atoms with Crippen LogP contribution in [0.25, 0.3) is 0 Å². The lowest BCUT2D eigenvalue weighted by atomic mass is 9.85. The van der Waals surface area contributed by atoms with E-state index in [1.165, 1.54) is 52.8 Å². The Morgan fingerprint density at radius 3 is 2.46 bits per heavy atom. The maximum Gasteiger partial charge on any atom is 0.221 e. The van der Waals surface area contributed by atoms with Gasteiger partial charge < -0.3 is 14.8 Å². The van der Waals surface area contributed by atoms with Gasteiger partial charge in [-0.25, -0.2) is 0 Å². The molecule has 0 radical (unpaired) electrons. The maximum atomic E-state index is 12.3. The molecule has 1 fully saturated rings. The molecule has 1 N–H and O–H groups in total. The van der Waals surface area contributed by atoms with Crippen molar-refractivity contribution in [3.63, 3.8) is 0 Å². The van der Waals surface area contributed by atoms with Crippen LogP contribution in [0, 0.1) is 5.92 Å². The Morgan fingerprint density at radius 2 is 1.76 bits per heavy atom. The topological polar surface area (TPSA) is 50.8 Å². The van der Waals surface area contributed by atoms with E-state index >= 15 is 0 Å². The molecule has 5 rings (SSSR count). The average Bonchev–Trinajstić information content (AvgIpc) is 3.27. The number of hydrogen-bond donors (Lipinski definition) is 1. The van der Waals surface area contributed by atoms with Crippen molar-refractivity contribution in [3.05, 3.63) is 75.7 Å². The summed E-state index contributed by atoms with van der Waals surface area (Å²) >= 11 is 1.78. The van der Waals surface area contributed by atoms with Crippen molar-refractivity contribution in [2.45, 2.75) is 57.9 Å². The molecule has 1 aromatic heterocycles. The summed E-state index contributed by atoms with van der Waals surface area (Å²) in [6.07, 6.45) is 8.08. The summed E-state index contributed by atoms with van der Waals surface area (Å²) in [5, 5.41) is 4.23. The number of benzene rings is 2. The maximum absolute atomic E-state index is 12.3. The fraction of sp³-hybridized carbons (Fsp3) is 0.452. The summed E-state index contributed by atoms with van der Waals surface area (Å²) in [6.45, 7) is 3.67. The van der Waals surface area contributed by atoms with Crippen LogP contribution in [0.3, 0.4) is 0 Å². The first-order chi connectivity index (χ1) is 18.1. The highest BCUT2D eigenvalue weighted by molar-refractivity contribution is 7.16. The molecule has 196 valence electrons. The zero-order chi connectivity index (χ0) is 25.8. The highest BCUT2D eigenvalue weighted by Crippen LogP contribution is 2.47. The Balaban J connectivity index is 1.51. The first-order valence-electron chi connectivity index (χ1n) is 13.5. The molecule has 3 aromatic rings. The van der Waals surface area contributed by atoms with Crippen LogP contribution in [-0.4, -0.2) is 38.1 Å². The van der Waals surface area contributed by atoms with E-state index in [2.05, 4.69) is 52.7 Å². The number of hydrogen-bond acceptors (Lipinski definition) is 5. The zero-order valence-electron chi connectivity index (χ0n) is 22.2. The summed E-state index contributed by atoms with van der Waals surface area (Å²) in [5.41, 5.74) is 5.36. The van der Waals surface area contributed by atoms with Crippen LogP contribution in [0.5, 0.6) is 11.5 Å². The fourth-order valence-corrected chi connectivity index (χ4v) is 7.45. The molecule has 2 heterocycles. The van der Waals surface area contributed by atoms with Crippen LogP contribution in [0.2, 0.25) is 0 Å². The number of thiophene rings is 1. The number of ether oxygens (including phenoxy) is 2. The SMILES string of the molecule is COc1ccc(C(c2c(NC(C)=O)sc3c2CCCC3)N2CCC(Cc3ccccc3)CC2)cc1OC. The van der Waals surface area contributed by atoms with Gasteiger partial charge in [-0.05, 0) is 92.8 Å². The minimum atomic E-state index is -0.00697. The number of amides is 1. The number of anilines is 1. The molecule has 6 heteroatoms. The third kappa shape index (κ3) is 5.70. The summed E-state index contributed by atoms with van der Waals surface area (Å²) in [5.74, 6) is 2.17. The largest absolute Gasteiger partial charge is 0.493 e. The Morgan fingerprint density at radius 1 is 1.03 bits per heavy atom. The van der Waals surface area contributed by atoms with Crippen LogP contribution >= 0.6 is 11.3 Å². The van der Waals surface area contributed by atoms with Gasteiger partial charge >= 0.3 is 0 Å². The summed E-state index contributed by atoms with van der Waals surface area (Å²) in [4.78, 5) is 16.3. The van der Waals surface area contributed by atoms with Gasteiger partial charge in [0, 0.05) is 17.4 Å². The predicted molar refractivity (Wildman–Crippen MR) is 151 cm³/mol. The van der Waals surface area contributed by atoms with Crippen molar-refractivity contribution < 1.29 is 14.3 Å². The van der Waals surface area contributed by atoms with Crippen molar-refractivity contribution >= 4 is 22.2 Å². The van der Waals surface area contributed by atoms with Gasteiger partial charge in [-0.3, -0.25) is 9.69 Å². The van der Waals surface area contributed by atoms with Gasteiger partial charge in [-0.1, -0.05) is 36.4 Å². The first-order valence-corrected chi connectivity index (χ1v) is 14.3. The molecule has 2 aromatic carbocycles. The molecule has 5 nitrogen and oxygen atoms in total. The minimum absolute atomic E-state index is 0.00697. The Hall–Kier alpha value is -2.83. The number of fused-ring (bicyclic) bond motifs is 1. The van der Waals surface area contributed by atoms with Crippen LogP contribution in [0.15, 0.2) is 48.5 Å². The van der Waals surface area contributed by atoms with Gasteiger partial charge in [0.2, 0.25) is 5.91 Å². The number of aryl methyl sites for hydroxylation is 1. The smallest absolute Gasteiger partial charge is 0.221 e. The van der Waals surface area contributed by atoms with Crippen LogP contribution in [0.1, 0.15) is 65.8 Å². The molecule has 0 spiro atoms. The number of nitrogens with one attached hydrogen (secondary N) is 1. The molecule has 1 unspecified atom stereocenters. The monoisotopic (exact) mass is 518 g/mol. The van der Waals surface area contributed by atoms with Crippen LogP contribution in [-0.2, 0) is 24.1 Å². The highest BCUT2D eigenvalue weighted by Gasteiger charge is 2.34. The standard InChI is InChI=1S/C31H38N2O3S/c1-21(34)32-31-29(25-11-7-8-12-28(25)37-31)30(24-13-14-26(35-2)27(20-24)36-3)33-17-15-23(16-18-33)19-22-9-5-4-6-10-22/h4-6,9-10,13-14,20,23,30H,7-8,11-12,15-19H2,1-3H3,(H,32,34). The highest BCUT2D eigenvalue weighted by atomic mass is 32.1. The second kappa shape index (κ2) is 11.7. The van der Waals surface area contributed by atoms with Crippen molar-refractivity contribution in [1.29, 1.82) is 0 Å². The van der Waals surface area contributed by atoms with Crippen molar-refractivity contribution in [2.24, 2.45) is 5.92 Å². The van der Waals surface area contributed by atoms with Crippen LogP contribution < -0.4 is 14.8 Å². The normalized spacial score (nSPS) is 17.2. The van der Waals surface area contributed by atoms with Crippen molar-refractivity contribution in [2.75, 3.05) is 32.6 Å². The lowest BCUT2D eigenvalue weighted by molar-refractivity contribution is -0.114. The van der Waals surface area contributed by atoms with E-state index in [4.69, 9.17) is 9.47 Å². The molecule has 2 aliphatic rings. The second-order valence-corrected chi connectivity index (χ2v) is 11.4. The molecule has 0 saturated carbocycles. The van der Waals surface area contributed by atoms with Crippen molar-refractivity contribution in [3.8, 4) is 11.5 Å². The molecule has 1 amide bonds. The van der Waals surface area contributed by atoms with Gasteiger partial charge in [0.05, 0.1) is 20.3 Å². The third-order valence-corrected chi connectivity index (χ3v) is 9.10. The molecular formula is C31H38N2O3S. The molecule has 37 heavy (non-hydrogen) atoms. The van der Waals surface area contributed by atoms with E-state index in [0.717, 1.165) is 48.9 Å². The van der Waals surface area contributed by atoms with Gasteiger partial charge in [-0.15, -0.1) is 11.3 Å². The van der Waals surface area contributed by atoms with E-state index in [-0.39, 0.29) is 11.9 Å². The van der Waals surface area contributed by atoms with Gasteiger partial charge in [-0.2, -0.15) is 0 Å². The fourth-order valence-electron chi connectivity index (χ4n) is 6.08. The third-order valence-electron chi connectivity index (χ3n) is 7.88. The molecule has 0 bridgehead atoms. The van der Waals surface area contributed by atoms with E-state index in [9.17, 15) is 4.79 Å². The summed E-state index contributed by atoms with van der Waals surface area (Å²) < 4.78 is 11.3. The number of carbonyl (C=O) groups excluding carboxylic acids is 1. The lowest BCUT2D eigenvalue weighted by Gasteiger charge is -2.39. The molecular weight excluding hydrogens is 480 g/mol. The first kappa shape index (κ1) is 25.8. The predicted octanol–water partition coefficient (Wildman–Crippen LogP) is 6.65.